The Hall–Kier alpha value is -2.06. The topological polar surface area (TPSA) is 108 Å². The molecule has 2 fully saturated rings. The summed E-state index contributed by atoms with van der Waals surface area (Å²) in [4.78, 5) is 36.2. The van der Waals surface area contributed by atoms with Crippen LogP contribution in [0.2, 0.25) is 0 Å². The number of piperazine rings is 1. The molecule has 24 heavy (non-hydrogen) atoms. The van der Waals surface area contributed by atoms with Gasteiger partial charge in [-0.05, 0) is 19.4 Å². The Morgan fingerprint density at radius 2 is 1.79 bits per heavy atom. The molecule has 1 aromatic rings. The van der Waals surface area contributed by atoms with Gasteiger partial charge in [-0.1, -0.05) is 30.3 Å². The zero-order chi connectivity index (χ0) is 17.5. The van der Waals surface area contributed by atoms with Crippen molar-refractivity contribution in [3.63, 3.8) is 0 Å². The molecule has 4 atom stereocenters. The van der Waals surface area contributed by atoms with Crippen molar-refractivity contribution in [1.29, 1.82) is 0 Å². The minimum atomic E-state index is -0.972. The molecule has 2 aliphatic heterocycles. The van der Waals surface area contributed by atoms with Crippen molar-refractivity contribution >= 4 is 29.5 Å². The van der Waals surface area contributed by atoms with Crippen LogP contribution in [0, 0.1) is 0 Å². The Labute approximate surface area is 143 Å². The fraction of sp³-hybridized carbons (Fsp3) is 0.438. The van der Waals surface area contributed by atoms with E-state index < -0.39 is 34.2 Å². The van der Waals surface area contributed by atoms with Gasteiger partial charge in [-0.2, -0.15) is 0 Å². The molecule has 2 aliphatic rings. The average molecular weight is 349 g/mol. The molecular formula is C16H19N3O4S. The first kappa shape index (κ1) is 16.8. The molecule has 3 rings (SSSR count). The molecule has 2 saturated heterocycles. The normalized spacial score (nSPS) is 32.1. The summed E-state index contributed by atoms with van der Waals surface area (Å²) >= 11 is 1.35. The Balaban J connectivity index is 1.75. The number of nitrogens with one attached hydrogen (secondary N) is 3. The van der Waals surface area contributed by atoms with Crippen LogP contribution in [0.4, 0.5) is 0 Å². The zero-order valence-corrected chi connectivity index (χ0v) is 14.1. The van der Waals surface area contributed by atoms with Gasteiger partial charge in [0.15, 0.2) is 0 Å². The van der Waals surface area contributed by atoms with E-state index >= 15 is 0 Å². The summed E-state index contributed by atoms with van der Waals surface area (Å²) in [5, 5.41) is 17.2. The maximum atomic E-state index is 12.5. The molecule has 1 aromatic carbocycles. The highest BCUT2D eigenvalue weighted by atomic mass is 32.2. The van der Waals surface area contributed by atoms with Crippen molar-refractivity contribution in [2.24, 2.45) is 0 Å². The Morgan fingerprint density at radius 1 is 1.12 bits per heavy atom. The highest BCUT2D eigenvalue weighted by Crippen LogP contribution is 2.39. The number of thioether (sulfide) groups is 1. The van der Waals surface area contributed by atoms with Crippen LogP contribution < -0.4 is 16.0 Å². The van der Waals surface area contributed by atoms with E-state index in [0.29, 0.717) is 5.56 Å². The molecule has 8 heteroatoms. The molecule has 4 N–H and O–H groups in total. The van der Waals surface area contributed by atoms with Crippen molar-refractivity contribution in [2.45, 2.75) is 42.1 Å². The third-order valence-electron chi connectivity index (χ3n) is 4.27. The number of carboxylic acid groups (broad SMARTS) is 1. The van der Waals surface area contributed by atoms with E-state index in [-0.39, 0.29) is 11.8 Å². The zero-order valence-electron chi connectivity index (χ0n) is 13.3. The van der Waals surface area contributed by atoms with Gasteiger partial charge in [0.2, 0.25) is 11.8 Å². The van der Waals surface area contributed by atoms with Gasteiger partial charge >= 0.3 is 5.97 Å². The molecule has 7 nitrogen and oxygen atoms in total. The van der Waals surface area contributed by atoms with Gasteiger partial charge < -0.3 is 15.7 Å². The second-order valence-electron chi connectivity index (χ2n) is 6.42. The molecule has 0 spiro atoms. The van der Waals surface area contributed by atoms with Gasteiger partial charge in [-0.3, -0.25) is 19.7 Å². The summed E-state index contributed by atoms with van der Waals surface area (Å²) in [6.07, 6.45) is 0. The first-order valence-electron chi connectivity index (χ1n) is 7.62. The molecule has 2 unspecified atom stereocenters. The minimum absolute atomic E-state index is 0.301. The molecule has 0 radical (unpaired) electrons. The molecule has 2 amide bonds. The van der Waals surface area contributed by atoms with Gasteiger partial charge in [0.05, 0.1) is 5.37 Å². The summed E-state index contributed by atoms with van der Waals surface area (Å²) < 4.78 is -0.586. The monoisotopic (exact) mass is 349 g/mol. The molecule has 2 heterocycles. The number of hydrogen-bond acceptors (Lipinski definition) is 5. The lowest BCUT2D eigenvalue weighted by Gasteiger charge is -2.32. The first-order chi connectivity index (χ1) is 11.3. The third-order valence-corrected chi connectivity index (χ3v) is 5.77. The van der Waals surface area contributed by atoms with Crippen molar-refractivity contribution in [3.8, 4) is 0 Å². The molecule has 0 bridgehead atoms. The molecule has 0 aromatic heterocycles. The molecule has 128 valence electrons. The van der Waals surface area contributed by atoms with Crippen molar-refractivity contribution in [3.05, 3.63) is 35.9 Å². The lowest BCUT2D eigenvalue weighted by Crippen LogP contribution is -2.63. The standard InChI is InChI=1S/C16H19N3O4S/c1-16(2)11(15(22)23)19-14(24-16)10-13(21)17-9(12(20)18-10)8-6-4-3-5-7-8/h3-7,9-11,14,19H,1-2H3,(H,17,21)(H,18,20)(H,22,23)/t9?,10?,11-,14-/m1/s1. The summed E-state index contributed by atoms with van der Waals surface area (Å²) in [5.41, 5.74) is 0.706. The van der Waals surface area contributed by atoms with Gasteiger partial charge in [-0.15, -0.1) is 11.8 Å². The number of hydrogen-bond donors (Lipinski definition) is 4. The van der Waals surface area contributed by atoms with Crippen LogP contribution in [-0.2, 0) is 14.4 Å². The van der Waals surface area contributed by atoms with E-state index in [1.807, 2.05) is 6.07 Å². The highest BCUT2D eigenvalue weighted by molar-refractivity contribution is 8.01. The van der Waals surface area contributed by atoms with Crippen LogP contribution >= 0.6 is 11.8 Å². The fourth-order valence-corrected chi connectivity index (χ4v) is 4.51. The summed E-state index contributed by atoms with van der Waals surface area (Å²) in [6.45, 7) is 3.61. The molecular weight excluding hydrogens is 330 g/mol. The predicted molar refractivity (Wildman–Crippen MR) is 89.3 cm³/mol. The van der Waals surface area contributed by atoms with Gasteiger partial charge in [-0.25, -0.2) is 0 Å². The first-order valence-corrected chi connectivity index (χ1v) is 8.50. The number of carbonyl (C=O) groups is 3. The Bertz CT molecular complexity index is 679. The number of rotatable bonds is 3. The fourth-order valence-electron chi connectivity index (χ4n) is 3.02. The van der Waals surface area contributed by atoms with Crippen molar-refractivity contribution < 1.29 is 19.5 Å². The van der Waals surface area contributed by atoms with E-state index in [0.717, 1.165) is 0 Å². The van der Waals surface area contributed by atoms with E-state index in [1.165, 1.54) is 11.8 Å². The van der Waals surface area contributed by atoms with Crippen LogP contribution in [0.15, 0.2) is 30.3 Å². The van der Waals surface area contributed by atoms with E-state index in [2.05, 4.69) is 16.0 Å². The SMILES string of the molecule is CC1(C)S[C@H](C2NC(=O)C(c3ccccc3)NC2=O)N[C@@H]1C(=O)O. The lowest BCUT2D eigenvalue weighted by molar-refractivity contribution is -0.140. The summed E-state index contributed by atoms with van der Waals surface area (Å²) in [7, 11) is 0. The smallest absolute Gasteiger partial charge is 0.322 e. The van der Waals surface area contributed by atoms with E-state index in [1.54, 1.807) is 38.1 Å². The predicted octanol–water partition coefficient (Wildman–Crippen LogP) is 0.237. The van der Waals surface area contributed by atoms with E-state index in [4.69, 9.17) is 0 Å². The van der Waals surface area contributed by atoms with Gasteiger partial charge in [0, 0.05) is 4.75 Å². The number of benzene rings is 1. The van der Waals surface area contributed by atoms with Crippen molar-refractivity contribution in [2.75, 3.05) is 0 Å². The van der Waals surface area contributed by atoms with Crippen LogP contribution in [0.25, 0.3) is 0 Å². The molecule has 0 saturated carbocycles. The second-order valence-corrected chi connectivity index (χ2v) is 8.21. The number of carboxylic acids is 1. The number of amides is 2. The highest BCUT2D eigenvalue weighted by Gasteiger charge is 2.50. The van der Waals surface area contributed by atoms with Gasteiger partial charge in [0.25, 0.3) is 0 Å². The van der Waals surface area contributed by atoms with Crippen LogP contribution in [0.3, 0.4) is 0 Å². The summed E-state index contributed by atoms with van der Waals surface area (Å²) in [6, 6.07) is 6.65. The maximum absolute atomic E-state index is 12.5. The quantitative estimate of drug-likeness (QED) is 0.623. The average Bonchev–Trinajstić information content (AvgIpc) is 2.85. The molecule has 0 aliphatic carbocycles. The number of aliphatic carboxylic acids is 1. The second kappa shape index (κ2) is 6.10. The van der Waals surface area contributed by atoms with Crippen LogP contribution in [0.5, 0.6) is 0 Å². The largest absolute Gasteiger partial charge is 0.480 e. The van der Waals surface area contributed by atoms with Crippen LogP contribution in [0.1, 0.15) is 25.5 Å². The lowest BCUT2D eigenvalue weighted by atomic mass is 10.0. The maximum Gasteiger partial charge on any atom is 0.322 e. The Morgan fingerprint density at radius 3 is 2.38 bits per heavy atom. The Kier molecular flexibility index (Phi) is 4.27. The number of carbonyl (C=O) groups excluding carboxylic acids is 2. The summed E-state index contributed by atoms with van der Waals surface area (Å²) in [5.74, 6) is -1.60. The van der Waals surface area contributed by atoms with Crippen molar-refractivity contribution in [1.82, 2.24) is 16.0 Å². The minimum Gasteiger partial charge on any atom is -0.480 e. The van der Waals surface area contributed by atoms with E-state index in [9.17, 15) is 19.5 Å². The third kappa shape index (κ3) is 2.99. The van der Waals surface area contributed by atoms with Crippen LogP contribution in [-0.4, -0.2) is 45.1 Å². The van der Waals surface area contributed by atoms with Gasteiger partial charge in [0.1, 0.15) is 18.1 Å².